The number of hydrogen-bond acceptors (Lipinski definition) is 7. The summed E-state index contributed by atoms with van der Waals surface area (Å²) in [6.45, 7) is 2.38. The average molecular weight is 407 g/mol. The number of ether oxygens (including phenoxy) is 3. The summed E-state index contributed by atoms with van der Waals surface area (Å²) in [6, 6.07) is 14.3. The van der Waals surface area contributed by atoms with Crippen molar-refractivity contribution < 1.29 is 28.6 Å². The van der Waals surface area contributed by atoms with Crippen LogP contribution in [0.15, 0.2) is 53.5 Å². The van der Waals surface area contributed by atoms with E-state index in [-0.39, 0.29) is 12.2 Å². The van der Waals surface area contributed by atoms with Crippen molar-refractivity contribution in [3.63, 3.8) is 0 Å². The number of ketones is 1. The van der Waals surface area contributed by atoms with Crippen molar-refractivity contribution in [3.8, 4) is 5.75 Å². The molecular weight excluding hydrogens is 386 g/mol. The zero-order chi connectivity index (χ0) is 21.5. The second-order valence-corrected chi connectivity index (χ2v) is 6.38. The summed E-state index contributed by atoms with van der Waals surface area (Å²) >= 11 is 0. The number of fused-ring (bicyclic) bond motifs is 1. The van der Waals surface area contributed by atoms with Gasteiger partial charge in [0.1, 0.15) is 11.3 Å². The van der Waals surface area contributed by atoms with Gasteiger partial charge in [-0.1, -0.05) is 30.3 Å². The van der Waals surface area contributed by atoms with Crippen molar-refractivity contribution in [2.24, 2.45) is 4.99 Å². The maximum atomic E-state index is 12.7. The van der Waals surface area contributed by atoms with E-state index in [0.29, 0.717) is 21.9 Å². The lowest BCUT2D eigenvalue weighted by molar-refractivity contribution is -0.145. The van der Waals surface area contributed by atoms with Crippen molar-refractivity contribution in [3.05, 3.63) is 59.0 Å². The lowest BCUT2D eigenvalue weighted by Gasteiger charge is -2.15. The molecule has 0 saturated carbocycles. The molecule has 0 spiro atoms. The Morgan fingerprint density at radius 2 is 1.77 bits per heavy atom. The van der Waals surface area contributed by atoms with Crippen LogP contribution < -0.4 is 15.2 Å². The van der Waals surface area contributed by atoms with Crippen molar-refractivity contribution in [1.29, 1.82) is 0 Å². The van der Waals surface area contributed by atoms with E-state index < -0.39 is 30.4 Å². The highest BCUT2D eigenvalue weighted by molar-refractivity contribution is 6.39. The van der Waals surface area contributed by atoms with Gasteiger partial charge in [-0.2, -0.15) is 0 Å². The molecule has 0 fully saturated rings. The predicted octanol–water partition coefficient (Wildman–Crippen LogP) is 1.48. The molecule has 0 N–H and O–H groups in total. The van der Waals surface area contributed by atoms with Gasteiger partial charge in [0.2, 0.25) is 5.78 Å². The highest BCUT2D eigenvalue weighted by Crippen LogP contribution is 2.14. The largest absolute Gasteiger partial charge is 0.481 e. The molecule has 154 valence electrons. The zero-order valence-electron chi connectivity index (χ0n) is 16.7. The van der Waals surface area contributed by atoms with Gasteiger partial charge in [-0.15, -0.1) is 0 Å². The van der Waals surface area contributed by atoms with Crippen LogP contribution in [-0.2, 0) is 23.9 Å². The molecule has 2 aromatic carbocycles. The van der Waals surface area contributed by atoms with E-state index >= 15 is 0 Å². The molecule has 1 atom stereocenters. The van der Waals surface area contributed by atoms with Crippen LogP contribution in [0.2, 0.25) is 0 Å². The van der Waals surface area contributed by atoms with Gasteiger partial charge in [0.15, 0.2) is 12.7 Å². The fourth-order valence-electron chi connectivity index (χ4n) is 2.96. The molecule has 1 aliphatic rings. The lowest BCUT2D eigenvalue weighted by atomic mass is 10.0. The number of para-hydroxylation sites is 1. The number of carbonyl (C=O) groups is 3. The van der Waals surface area contributed by atoms with E-state index in [9.17, 15) is 14.4 Å². The van der Waals surface area contributed by atoms with Crippen LogP contribution in [-0.4, -0.2) is 43.3 Å². The number of benzene rings is 2. The van der Waals surface area contributed by atoms with E-state index in [2.05, 4.69) is 4.99 Å². The van der Waals surface area contributed by atoms with E-state index in [4.69, 9.17) is 14.2 Å². The fourth-order valence-corrected chi connectivity index (χ4v) is 2.96. The molecule has 7 heteroatoms. The molecule has 0 amide bonds. The minimum absolute atomic E-state index is 0.0970. The number of rotatable bonds is 7. The minimum Gasteiger partial charge on any atom is -0.481 e. The molecule has 1 heterocycles. The number of nitrogens with zero attached hydrogens (tertiary/aromatic N) is 1. The molecule has 0 saturated heterocycles. The zero-order valence-corrected chi connectivity index (χ0v) is 16.7. The van der Waals surface area contributed by atoms with Gasteiger partial charge < -0.3 is 14.2 Å². The normalized spacial score (nSPS) is 15.3. The first-order valence-corrected chi connectivity index (χ1v) is 9.44. The third-order valence-electron chi connectivity index (χ3n) is 4.22. The van der Waals surface area contributed by atoms with Gasteiger partial charge in [0, 0.05) is 23.6 Å². The molecule has 30 heavy (non-hydrogen) atoms. The molecular formula is C23H21NO6. The summed E-state index contributed by atoms with van der Waals surface area (Å²) in [5.74, 6) is -1.40. The fraction of sp³-hybridized carbons (Fsp3) is 0.217. The summed E-state index contributed by atoms with van der Waals surface area (Å²) in [5, 5.41) is 0.918. The topological polar surface area (TPSA) is 91.3 Å². The molecule has 2 aromatic rings. The second-order valence-electron chi connectivity index (χ2n) is 6.38. The summed E-state index contributed by atoms with van der Waals surface area (Å²) in [5.41, 5.74) is 0.393. The second kappa shape index (κ2) is 9.65. The maximum Gasteiger partial charge on any atom is 0.342 e. The van der Waals surface area contributed by atoms with Crippen molar-refractivity contribution in [2.75, 3.05) is 13.2 Å². The number of aliphatic imine (C=N–C) groups is 1. The van der Waals surface area contributed by atoms with Gasteiger partial charge >= 0.3 is 11.9 Å². The Morgan fingerprint density at radius 3 is 2.47 bits per heavy atom. The third-order valence-corrected chi connectivity index (χ3v) is 4.22. The Morgan fingerprint density at radius 1 is 1.00 bits per heavy atom. The maximum absolute atomic E-state index is 12.7. The van der Waals surface area contributed by atoms with Crippen molar-refractivity contribution >= 4 is 41.3 Å². The molecule has 3 rings (SSSR count). The standard InChI is InChI=1S/C23H21NO6/c1-3-28-23(27)22(21(26)14-29-15(2)25)18-10-7-11-20-19(18)12-17(13-24-20)30-16-8-5-4-6-9-16/h4-13,17H,3,14H2,1-2H3. The van der Waals surface area contributed by atoms with E-state index in [1.54, 1.807) is 37.4 Å². The first-order valence-electron chi connectivity index (χ1n) is 9.44. The van der Waals surface area contributed by atoms with Gasteiger partial charge in [0.05, 0.1) is 12.3 Å². The van der Waals surface area contributed by atoms with Crippen LogP contribution in [0.3, 0.4) is 0 Å². The van der Waals surface area contributed by atoms with Crippen LogP contribution in [0, 0.1) is 0 Å². The molecule has 0 aliphatic carbocycles. The monoisotopic (exact) mass is 407 g/mol. The van der Waals surface area contributed by atoms with Gasteiger partial charge in [-0.05, 0) is 31.2 Å². The number of carbonyl (C=O) groups excluding carboxylic acids is 3. The van der Waals surface area contributed by atoms with Crippen LogP contribution in [0.4, 0.5) is 5.69 Å². The Kier molecular flexibility index (Phi) is 6.75. The summed E-state index contributed by atoms with van der Waals surface area (Å²) < 4.78 is 15.8. The first-order chi connectivity index (χ1) is 14.5. The molecule has 0 aromatic heterocycles. The van der Waals surface area contributed by atoms with E-state index in [1.807, 2.05) is 30.3 Å². The first kappa shape index (κ1) is 21.0. The SMILES string of the molecule is CCOC(=O)C(C(=O)COC(C)=O)=c1cccc2c1=CC(Oc1ccccc1)C=N2. The number of Topliss-reactive ketones (excluding diaryl/α,β-unsaturated/α-hetero) is 1. The summed E-state index contributed by atoms with van der Waals surface area (Å²) in [7, 11) is 0. The summed E-state index contributed by atoms with van der Waals surface area (Å²) in [6.07, 6.45) is 2.93. The number of hydrogen-bond donors (Lipinski definition) is 0. The molecule has 0 bridgehead atoms. The molecule has 1 aliphatic heterocycles. The van der Waals surface area contributed by atoms with Crippen LogP contribution >= 0.6 is 0 Å². The Bertz CT molecular complexity index is 1100. The smallest absolute Gasteiger partial charge is 0.342 e. The van der Waals surface area contributed by atoms with Crippen LogP contribution in [0.25, 0.3) is 11.6 Å². The highest BCUT2D eigenvalue weighted by Gasteiger charge is 2.23. The average Bonchev–Trinajstić information content (AvgIpc) is 2.73. The van der Waals surface area contributed by atoms with Crippen molar-refractivity contribution in [2.45, 2.75) is 20.0 Å². The Labute approximate surface area is 173 Å². The summed E-state index contributed by atoms with van der Waals surface area (Å²) in [4.78, 5) is 40.8. The molecule has 0 radical (unpaired) electrons. The third kappa shape index (κ3) is 5.00. The number of esters is 2. The van der Waals surface area contributed by atoms with E-state index in [0.717, 1.165) is 0 Å². The van der Waals surface area contributed by atoms with Gasteiger partial charge in [-0.25, -0.2) is 4.79 Å². The Hall–Kier alpha value is -3.74. The van der Waals surface area contributed by atoms with Crippen LogP contribution in [0.5, 0.6) is 5.75 Å². The van der Waals surface area contributed by atoms with Gasteiger partial charge in [-0.3, -0.25) is 14.6 Å². The quantitative estimate of drug-likeness (QED) is 0.510. The highest BCUT2D eigenvalue weighted by atomic mass is 16.5. The van der Waals surface area contributed by atoms with Crippen LogP contribution in [0.1, 0.15) is 13.8 Å². The minimum atomic E-state index is -0.786. The lowest BCUT2D eigenvalue weighted by Crippen LogP contribution is -2.37. The molecule has 7 nitrogen and oxygen atoms in total. The van der Waals surface area contributed by atoms with E-state index in [1.165, 1.54) is 6.92 Å². The van der Waals surface area contributed by atoms with Gasteiger partial charge in [0.25, 0.3) is 0 Å². The van der Waals surface area contributed by atoms with Crippen molar-refractivity contribution in [1.82, 2.24) is 0 Å². The molecule has 1 unspecified atom stereocenters. The Balaban J connectivity index is 2.11. The predicted molar refractivity (Wildman–Crippen MR) is 111 cm³/mol.